The van der Waals surface area contributed by atoms with Crippen LogP contribution in [-0.2, 0) is 9.84 Å². The Kier molecular flexibility index (Phi) is 4.47. The van der Waals surface area contributed by atoms with Crippen molar-refractivity contribution in [3.05, 3.63) is 59.7 Å². The number of ether oxygens (including phenoxy) is 2. The van der Waals surface area contributed by atoms with E-state index in [1.807, 2.05) is 0 Å². The van der Waals surface area contributed by atoms with Crippen LogP contribution in [0.2, 0.25) is 0 Å². The van der Waals surface area contributed by atoms with E-state index < -0.39 is 21.7 Å². The van der Waals surface area contributed by atoms with Gasteiger partial charge in [0.2, 0.25) is 0 Å². The van der Waals surface area contributed by atoms with E-state index in [9.17, 15) is 18.0 Å². The number of para-hydroxylation sites is 2. The third-order valence-electron chi connectivity index (χ3n) is 4.84. The SMILES string of the molecule is O=C1c2ccccc2OC[C@@H]1CS(=O)(=O)C[C@H]1COc2ccccc2C1=O. The summed E-state index contributed by atoms with van der Waals surface area (Å²) in [5.41, 5.74) is 0.796. The van der Waals surface area contributed by atoms with Crippen molar-refractivity contribution in [1.82, 2.24) is 0 Å². The molecule has 0 aromatic heterocycles. The summed E-state index contributed by atoms with van der Waals surface area (Å²) in [6.07, 6.45) is 0. The molecule has 7 heteroatoms. The third-order valence-corrected chi connectivity index (χ3v) is 6.66. The molecule has 0 unspecified atom stereocenters. The Balaban J connectivity index is 1.47. The summed E-state index contributed by atoms with van der Waals surface area (Å²) in [6, 6.07) is 13.6. The van der Waals surface area contributed by atoms with Crippen LogP contribution in [0.15, 0.2) is 48.5 Å². The van der Waals surface area contributed by atoms with Gasteiger partial charge in [-0.05, 0) is 24.3 Å². The van der Waals surface area contributed by atoms with Gasteiger partial charge in [-0.1, -0.05) is 24.3 Å². The molecular formula is C20H18O6S. The zero-order valence-corrected chi connectivity index (χ0v) is 15.3. The molecule has 0 fully saturated rings. The van der Waals surface area contributed by atoms with E-state index in [2.05, 4.69) is 0 Å². The number of benzene rings is 2. The van der Waals surface area contributed by atoms with Gasteiger partial charge in [0, 0.05) is 0 Å². The first kappa shape index (κ1) is 17.7. The standard InChI is InChI=1S/C20H18O6S/c21-19-13(9-25-17-7-3-1-5-15(17)19)11-27(23,24)12-14-10-26-18-8-4-2-6-16(18)20(14)22/h1-8,13-14H,9-12H2/t13-,14-/m1/s1. The van der Waals surface area contributed by atoms with Crippen molar-refractivity contribution in [1.29, 1.82) is 0 Å². The Morgan fingerprint density at radius 3 is 1.59 bits per heavy atom. The van der Waals surface area contributed by atoms with Crippen LogP contribution in [0.1, 0.15) is 20.7 Å². The fourth-order valence-corrected chi connectivity index (χ4v) is 5.35. The number of fused-ring (bicyclic) bond motifs is 2. The number of sulfone groups is 1. The second-order valence-corrected chi connectivity index (χ2v) is 8.97. The highest BCUT2D eigenvalue weighted by Crippen LogP contribution is 2.30. The van der Waals surface area contributed by atoms with E-state index in [0.29, 0.717) is 22.6 Å². The van der Waals surface area contributed by atoms with Gasteiger partial charge in [0.1, 0.15) is 11.5 Å². The van der Waals surface area contributed by atoms with Crippen LogP contribution in [-0.4, -0.2) is 44.7 Å². The highest BCUT2D eigenvalue weighted by Gasteiger charge is 2.36. The van der Waals surface area contributed by atoms with Crippen molar-refractivity contribution in [3.8, 4) is 11.5 Å². The van der Waals surface area contributed by atoms with Crippen LogP contribution in [0.5, 0.6) is 11.5 Å². The maximum Gasteiger partial charge on any atom is 0.174 e. The Labute approximate surface area is 157 Å². The molecule has 2 aliphatic rings. The van der Waals surface area contributed by atoms with Crippen molar-refractivity contribution in [3.63, 3.8) is 0 Å². The zero-order valence-electron chi connectivity index (χ0n) is 14.5. The van der Waals surface area contributed by atoms with E-state index >= 15 is 0 Å². The normalized spacial score (nSPS) is 21.6. The molecule has 0 bridgehead atoms. The number of rotatable bonds is 4. The number of hydrogen-bond donors (Lipinski definition) is 0. The smallest absolute Gasteiger partial charge is 0.174 e. The molecule has 0 N–H and O–H groups in total. The van der Waals surface area contributed by atoms with Crippen LogP contribution in [0.3, 0.4) is 0 Å². The van der Waals surface area contributed by atoms with E-state index in [4.69, 9.17) is 9.47 Å². The molecule has 0 aliphatic carbocycles. The molecule has 2 aromatic rings. The van der Waals surface area contributed by atoms with Crippen molar-refractivity contribution in [2.24, 2.45) is 11.8 Å². The lowest BCUT2D eigenvalue weighted by Crippen LogP contribution is -2.38. The summed E-state index contributed by atoms with van der Waals surface area (Å²) in [4.78, 5) is 25.2. The van der Waals surface area contributed by atoms with Crippen LogP contribution in [0.25, 0.3) is 0 Å². The molecule has 140 valence electrons. The topological polar surface area (TPSA) is 86.7 Å². The molecule has 2 atom stereocenters. The van der Waals surface area contributed by atoms with E-state index in [1.54, 1.807) is 48.5 Å². The summed E-state index contributed by atoms with van der Waals surface area (Å²) in [6.45, 7) is 0.0417. The molecule has 0 saturated carbocycles. The molecule has 4 rings (SSSR count). The molecule has 0 saturated heterocycles. The second-order valence-electron chi connectivity index (χ2n) is 6.81. The maximum atomic E-state index is 12.7. The molecule has 27 heavy (non-hydrogen) atoms. The van der Waals surface area contributed by atoms with Gasteiger partial charge in [0.15, 0.2) is 21.4 Å². The lowest BCUT2D eigenvalue weighted by molar-refractivity contribution is 0.0850. The highest BCUT2D eigenvalue weighted by molar-refractivity contribution is 7.91. The van der Waals surface area contributed by atoms with Crippen LogP contribution in [0, 0.1) is 11.8 Å². The van der Waals surface area contributed by atoms with Gasteiger partial charge in [0.25, 0.3) is 0 Å². The minimum Gasteiger partial charge on any atom is -0.492 e. The second kappa shape index (κ2) is 6.81. The number of ketones is 2. The van der Waals surface area contributed by atoms with Gasteiger partial charge in [-0.2, -0.15) is 0 Å². The van der Waals surface area contributed by atoms with Crippen LogP contribution in [0.4, 0.5) is 0 Å². The minimum absolute atomic E-state index is 0.0209. The Hall–Kier alpha value is -2.67. The number of carbonyl (C=O) groups excluding carboxylic acids is 2. The van der Waals surface area contributed by atoms with Gasteiger partial charge >= 0.3 is 0 Å². The lowest BCUT2D eigenvalue weighted by Gasteiger charge is -2.26. The zero-order chi connectivity index (χ0) is 19.0. The molecule has 0 amide bonds. The predicted octanol–water partition coefficient (Wildman–Crippen LogP) is 2.18. The van der Waals surface area contributed by atoms with E-state index in [-0.39, 0.29) is 36.3 Å². The van der Waals surface area contributed by atoms with Crippen molar-refractivity contribution in [2.45, 2.75) is 0 Å². The first-order chi connectivity index (χ1) is 12.9. The minimum atomic E-state index is -3.65. The van der Waals surface area contributed by atoms with Crippen molar-refractivity contribution in [2.75, 3.05) is 24.7 Å². The van der Waals surface area contributed by atoms with Crippen LogP contribution >= 0.6 is 0 Å². The Morgan fingerprint density at radius 1 is 0.741 bits per heavy atom. The van der Waals surface area contributed by atoms with Gasteiger partial charge < -0.3 is 9.47 Å². The predicted molar refractivity (Wildman–Crippen MR) is 98.2 cm³/mol. The monoisotopic (exact) mass is 386 g/mol. The molecule has 2 aliphatic heterocycles. The third kappa shape index (κ3) is 3.47. The molecular weight excluding hydrogens is 368 g/mol. The van der Waals surface area contributed by atoms with Crippen molar-refractivity contribution >= 4 is 21.4 Å². The summed E-state index contributed by atoms with van der Waals surface area (Å²) in [5, 5.41) is 0. The fraction of sp³-hybridized carbons (Fsp3) is 0.300. The largest absolute Gasteiger partial charge is 0.492 e. The van der Waals surface area contributed by atoms with Gasteiger partial charge in [-0.15, -0.1) is 0 Å². The van der Waals surface area contributed by atoms with E-state index in [1.165, 1.54) is 0 Å². The van der Waals surface area contributed by atoms with Crippen molar-refractivity contribution < 1.29 is 27.5 Å². The first-order valence-corrected chi connectivity index (χ1v) is 10.5. The Morgan fingerprint density at radius 2 is 1.15 bits per heavy atom. The molecule has 0 spiro atoms. The summed E-state index contributed by atoms with van der Waals surface area (Å²) < 4.78 is 36.4. The van der Waals surface area contributed by atoms with Crippen LogP contribution < -0.4 is 9.47 Å². The molecule has 0 radical (unpaired) electrons. The van der Waals surface area contributed by atoms with Gasteiger partial charge in [-0.3, -0.25) is 9.59 Å². The van der Waals surface area contributed by atoms with Gasteiger partial charge in [0.05, 0.1) is 47.7 Å². The first-order valence-electron chi connectivity index (χ1n) is 8.67. The Bertz CT molecular complexity index is 935. The molecule has 2 heterocycles. The van der Waals surface area contributed by atoms with E-state index in [0.717, 1.165) is 0 Å². The summed E-state index contributed by atoms with van der Waals surface area (Å²) in [7, 11) is -3.65. The number of hydrogen-bond acceptors (Lipinski definition) is 6. The average molecular weight is 386 g/mol. The number of carbonyl (C=O) groups is 2. The molecule has 6 nitrogen and oxygen atoms in total. The fourth-order valence-electron chi connectivity index (χ4n) is 3.49. The quantitative estimate of drug-likeness (QED) is 0.801. The van der Waals surface area contributed by atoms with Gasteiger partial charge in [-0.25, -0.2) is 8.42 Å². The average Bonchev–Trinajstić information content (AvgIpc) is 2.66. The maximum absolute atomic E-state index is 12.7. The lowest BCUT2D eigenvalue weighted by atomic mass is 9.96. The number of Topliss-reactive ketones (excluding diaryl/α,β-unsaturated/α-hetero) is 2. The molecule has 2 aromatic carbocycles. The summed E-state index contributed by atoms with van der Waals surface area (Å²) >= 11 is 0. The summed E-state index contributed by atoms with van der Waals surface area (Å²) in [5.74, 6) is -1.74. The highest BCUT2D eigenvalue weighted by atomic mass is 32.2.